The topological polar surface area (TPSA) is 74.6 Å². The molecular weight excluding hydrogens is 773 g/mol. The first-order chi connectivity index (χ1) is 31.2. The molecule has 0 fully saturated rings. The first kappa shape index (κ1) is 34.1. The third kappa shape index (κ3) is 4.90. The molecule has 0 radical (unpaired) electrons. The van der Waals surface area contributed by atoms with E-state index in [0.717, 1.165) is 104 Å². The summed E-state index contributed by atoms with van der Waals surface area (Å²) in [5.41, 5.74) is 10.0. The van der Waals surface area contributed by atoms with Gasteiger partial charge in [0, 0.05) is 43.4 Å². The van der Waals surface area contributed by atoms with Gasteiger partial charge in [-0.3, -0.25) is 9.13 Å². The molecule has 0 aliphatic heterocycles. The van der Waals surface area contributed by atoms with Crippen molar-refractivity contribution in [3.8, 4) is 34.4 Å². The zero-order valence-electron chi connectivity index (χ0n) is 33.6. The van der Waals surface area contributed by atoms with E-state index in [1.807, 2.05) is 24.3 Å². The van der Waals surface area contributed by atoms with Gasteiger partial charge < -0.3 is 4.42 Å². The van der Waals surface area contributed by atoms with Gasteiger partial charge in [-0.2, -0.15) is 4.98 Å². The molecule has 14 rings (SSSR count). The van der Waals surface area contributed by atoms with Gasteiger partial charge in [-0.15, -0.1) is 0 Å². The van der Waals surface area contributed by atoms with Gasteiger partial charge in [0.2, 0.25) is 17.6 Å². The van der Waals surface area contributed by atoms with Crippen molar-refractivity contribution in [2.24, 2.45) is 0 Å². The molecule has 7 nitrogen and oxygen atoms in total. The molecule has 0 bridgehead atoms. The highest BCUT2D eigenvalue weighted by Crippen LogP contribution is 2.44. The van der Waals surface area contributed by atoms with Gasteiger partial charge in [-0.25, -0.2) is 15.0 Å². The number of aromatic nitrogens is 6. The summed E-state index contributed by atoms with van der Waals surface area (Å²) in [4.78, 5) is 21.5. The molecule has 5 aromatic heterocycles. The summed E-state index contributed by atoms with van der Waals surface area (Å²) in [6.07, 6.45) is 0. The minimum Gasteiger partial charge on any atom is -0.437 e. The van der Waals surface area contributed by atoms with E-state index in [0.29, 0.717) is 17.6 Å². The van der Waals surface area contributed by atoms with E-state index in [1.54, 1.807) is 0 Å². The number of nitrogens with zero attached hydrogens (tertiary/aromatic N) is 6. The Labute approximate surface area is 358 Å². The largest absolute Gasteiger partial charge is 0.437 e. The average molecular weight is 805 g/mol. The molecule has 292 valence electrons. The lowest BCUT2D eigenvalue weighted by atomic mass is 9.99. The van der Waals surface area contributed by atoms with Crippen LogP contribution in [-0.2, 0) is 0 Å². The van der Waals surface area contributed by atoms with Gasteiger partial charge >= 0.3 is 0 Å². The van der Waals surface area contributed by atoms with Crippen LogP contribution in [0.5, 0.6) is 0 Å². The fraction of sp³-hybridized carbons (Fsp3) is 0. The van der Waals surface area contributed by atoms with Crippen LogP contribution in [0, 0.1) is 0 Å². The van der Waals surface area contributed by atoms with Crippen molar-refractivity contribution in [2.75, 3.05) is 0 Å². The lowest BCUT2D eigenvalue weighted by Crippen LogP contribution is -2.04. The monoisotopic (exact) mass is 804 g/mol. The van der Waals surface area contributed by atoms with Gasteiger partial charge in [0.25, 0.3) is 0 Å². The molecule has 0 unspecified atom stereocenters. The van der Waals surface area contributed by atoms with Crippen molar-refractivity contribution in [2.45, 2.75) is 0 Å². The normalized spacial score (nSPS) is 12.1. The molecule has 63 heavy (non-hydrogen) atoms. The van der Waals surface area contributed by atoms with Crippen molar-refractivity contribution >= 4 is 98.1 Å². The molecule has 14 aromatic rings. The Hall–Kier alpha value is -8.68. The Bertz CT molecular complexity index is 4230. The van der Waals surface area contributed by atoms with E-state index in [-0.39, 0.29) is 0 Å². The van der Waals surface area contributed by atoms with Crippen LogP contribution in [0.4, 0.5) is 0 Å². The molecule has 0 N–H and O–H groups in total. The van der Waals surface area contributed by atoms with Crippen molar-refractivity contribution < 1.29 is 4.42 Å². The first-order valence-corrected chi connectivity index (χ1v) is 21.1. The maximum atomic E-state index is 6.58. The summed E-state index contributed by atoms with van der Waals surface area (Å²) in [7, 11) is 0. The van der Waals surface area contributed by atoms with Crippen molar-refractivity contribution in [3.05, 3.63) is 194 Å². The van der Waals surface area contributed by atoms with Crippen LogP contribution in [0.1, 0.15) is 0 Å². The number of fused-ring (bicyclic) bond motifs is 13. The van der Waals surface area contributed by atoms with Crippen molar-refractivity contribution in [1.29, 1.82) is 0 Å². The molecule has 9 aromatic carbocycles. The minimum absolute atomic E-state index is 0.539. The Morgan fingerprint density at radius 2 is 0.921 bits per heavy atom. The minimum atomic E-state index is 0.539. The van der Waals surface area contributed by atoms with E-state index < -0.39 is 0 Å². The Balaban J connectivity index is 1.06. The zero-order chi connectivity index (χ0) is 41.2. The maximum absolute atomic E-state index is 6.58. The summed E-state index contributed by atoms with van der Waals surface area (Å²) in [6, 6.07) is 67.9. The average Bonchev–Trinajstić information content (AvgIpc) is 4.01. The molecular formula is C56H32N6O. The summed E-state index contributed by atoms with van der Waals surface area (Å²) in [6.45, 7) is 0. The number of benzene rings is 9. The highest BCUT2D eigenvalue weighted by molar-refractivity contribution is 6.29. The Morgan fingerprint density at radius 3 is 1.68 bits per heavy atom. The quantitative estimate of drug-likeness (QED) is 0.177. The standard InChI is InChI=1S/C56H32N6O/c1-2-16-35-32-36(29-28-33(35)14-1)52-39-19-5-9-24-43(39)57-55(58-52)61-44-25-10-6-20-40(44)49-46(61)30-31-47-50(49)41-21-7-11-26-45(41)62(47)56-59-53(38-23-13-17-34-15-3-4-18-37(34)38)51-42-22-8-12-27-48(42)63-54(51)60-56/h1-32H. The van der Waals surface area contributed by atoms with Gasteiger partial charge in [-0.05, 0) is 64.0 Å². The second-order valence-electron chi connectivity index (χ2n) is 16.2. The smallest absolute Gasteiger partial charge is 0.238 e. The lowest BCUT2D eigenvalue weighted by molar-refractivity contribution is 0.651. The molecule has 0 atom stereocenters. The molecule has 0 spiro atoms. The molecule has 0 saturated heterocycles. The molecule has 0 amide bonds. The number of furan rings is 1. The number of hydrogen-bond donors (Lipinski definition) is 0. The van der Waals surface area contributed by atoms with Gasteiger partial charge in [0.15, 0.2) is 0 Å². The predicted octanol–water partition coefficient (Wildman–Crippen LogP) is 14.2. The Morgan fingerprint density at radius 1 is 0.349 bits per heavy atom. The van der Waals surface area contributed by atoms with Crippen LogP contribution in [0.15, 0.2) is 199 Å². The maximum Gasteiger partial charge on any atom is 0.238 e. The predicted molar refractivity (Wildman–Crippen MR) is 257 cm³/mol. The summed E-state index contributed by atoms with van der Waals surface area (Å²) in [5.74, 6) is 1.15. The molecule has 5 heterocycles. The highest BCUT2D eigenvalue weighted by Gasteiger charge is 2.25. The van der Waals surface area contributed by atoms with Crippen LogP contribution in [0.25, 0.3) is 133 Å². The molecule has 7 heteroatoms. The number of rotatable bonds is 4. The molecule has 0 aliphatic carbocycles. The van der Waals surface area contributed by atoms with E-state index in [1.165, 1.54) is 10.8 Å². The van der Waals surface area contributed by atoms with Crippen LogP contribution in [0.3, 0.4) is 0 Å². The van der Waals surface area contributed by atoms with Crippen molar-refractivity contribution in [1.82, 2.24) is 29.1 Å². The number of hydrogen-bond acceptors (Lipinski definition) is 5. The van der Waals surface area contributed by atoms with Crippen LogP contribution in [0.2, 0.25) is 0 Å². The van der Waals surface area contributed by atoms with E-state index in [4.69, 9.17) is 24.4 Å². The van der Waals surface area contributed by atoms with Gasteiger partial charge in [0.1, 0.15) is 5.58 Å². The number of para-hydroxylation sites is 4. The zero-order valence-corrected chi connectivity index (χ0v) is 33.6. The van der Waals surface area contributed by atoms with Gasteiger partial charge in [-0.1, -0.05) is 152 Å². The van der Waals surface area contributed by atoms with Crippen LogP contribution < -0.4 is 0 Å². The van der Waals surface area contributed by atoms with E-state index >= 15 is 0 Å². The van der Waals surface area contributed by atoms with E-state index in [9.17, 15) is 0 Å². The summed E-state index contributed by atoms with van der Waals surface area (Å²) in [5, 5.41) is 11.9. The first-order valence-electron chi connectivity index (χ1n) is 21.1. The van der Waals surface area contributed by atoms with Gasteiger partial charge in [0.05, 0.1) is 44.4 Å². The van der Waals surface area contributed by atoms with Crippen molar-refractivity contribution in [3.63, 3.8) is 0 Å². The second kappa shape index (κ2) is 12.9. The third-order valence-corrected chi connectivity index (χ3v) is 12.8. The van der Waals surface area contributed by atoms with E-state index in [2.05, 4.69) is 179 Å². The third-order valence-electron chi connectivity index (χ3n) is 12.8. The Kier molecular flexibility index (Phi) is 6.98. The second-order valence-corrected chi connectivity index (χ2v) is 16.2. The highest BCUT2D eigenvalue weighted by atomic mass is 16.3. The lowest BCUT2D eigenvalue weighted by Gasteiger charge is -2.12. The van der Waals surface area contributed by atoms with Crippen LogP contribution in [-0.4, -0.2) is 29.1 Å². The summed E-state index contributed by atoms with van der Waals surface area (Å²) < 4.78 is 11.0. The van der Waals surface area contributed by atoms with Crippen LogP contribution >= 0.6 is 0 Å². The fourth-order valence-corrected chi connectivity index (χ4v) is 10.0. The SMILES string of the molecule is c1ccc2cc(-c3nc(-n4c5ccccc5c5c6c7ccccc7n(-c7nc(-c8cccc9ccccc89)c8c(n7)oc7ccccc78)c6ccc54)nc4ccccc34)ccc2c1. The molecule has 0 saturated carbocycles. The summed E-state index contributed by atoms with van der Waals surface area (Å²) >= 11 is 0. The molecule has 0 aliphatic rings. The fourth-order valence-electron chi connectivity index (χ4n) is 10.0.